The summed E-state index contributed by atoms with van der Waals surface area (Å²) >= 11 is 0. The number of ether oxygens (including phenoxy) is 2. The topological polar surface area (TPSA) is 121 Å². The molecule has 0 radical (unpaired) electrons. The van der Waals surface area contributed by atoms with Crippen LogP contribution in [0.2, 0.25) is 0 Å². The SMILES string of the molecule is CCOC(=O)c1cc(N2CCOCC2C(N)=O)ncc1N. The van der Waals surface area contributed by atoms with Crippen molar-refractivity contribution >= 4 is 23.4 Å². The van der Waals surface area contributed by atoms with Crippen LogP contribution in [-0.4, -0.2) is 49.3 Å². The van der Waals surface area contributed by atoms with Crippen molar-refractivity contribution < 1.29 is 19.1 Å². The molecule has 8 heteroatoms. The molecule has 1 amide bonds. The number of esters is 1. The number of nitrogens with zero attached hydrogens (tertiary/aromatic N) is 2. The predicted octanol–water partition coefficient (Wildman–Crippen LogP) is -0.469. The molecule has 1 aliphatic rings. The van der Waals surface area contributed by atoms with Crippen LogP contribution in [0.1, 0.15) is 17.3 Å². The number of pyridine rings is 1. The van der Waals surface area contributed by atoms with Crippen LogP contribution in [0.5, 0.6) is 0 Å². The Labute approximate surface area is 122 Å². The van der Waals surface area contributed by atoms with Gasteiger partial charge in [-0.2, -0.15) is 0 Å². The van der Waals surface area contributed by atoms with E-state index in [1.807, 2.05) is 0 Å². The Hall–Kier alpha value is -2.35. The molecule has 0 aromatic carbocycles. The van der Waals surface area contributed by atoms with Crippen molar-refractivity contribution in [2.24, 2.45) is 5.73 Å². The molecule has 2 rings (SSSR count). The number of morpholine rings is 1. The van der Waals surface area contributed by atoms with Crippen LogP contribution < -0.4 is 16.4 Å². The van der Waals surface area contributed by atoms with E-state index in [0.29, 0.717) is 19.0 Å². The number of hydrogen-bond donors (Lipinski definition) is 2. The van der Waals surface area contributed by atoms with Gasteiger partial charge in [0.25, 0.3) is 0 Å². The first-order valence-electron chi connectivity index (χ1n) is 6.61. The first-order chi connectivity index (χ1) is 10.0. The number of carbonyl (C=O) groups is 2. The molecule has 1 aromatic heterocycles. The zero-order valence-corrected chi connectivity index (χ0v) is 11.7. The normalized spacial score (nSPS) is 18.3. The van der Waals surface area contributed by atoms with E-state index in [1.54, 1.807) is 11.8 Å². The number of amides is 1. The van der Waals surface area contributed by atoms with Crippen LogP contribution in [0.15, 0.2) is 12.3 Å². The van der Waals surface area contributed by atoms with Gasteiger partial charge in [0, 0.05) is 6.54 Å². The average molecular weight is 294 g/mol. The van der Waals surface area contributed by atoms with Gasteiger partial charge >= 0.3 is 5.97 Å². The lowest BCUT2D eigenvalue weighted by Crippen LogP contribution is -2.53. The molecule has 0 spiro atoms. The monoisotopic (exact) mass is 294 g/mol. The maximum Gasteiger partial charge on any atom is 0.340 e. The largest absolute Gasteiger partial charge is 0.462 e. The Morgan fingerprint density at radius 3 is 3.00 bits per heavy atom. The Morgan fingerprint density at radius 1 is 1.57 bits per heavy atom. The molecular weight excluding hydrogens is 276 g/mol. The van der Waals surface area contributed by atoms with Crippen LogP contribution in [0, 0.1) is 0 Å². The lowest BCUT2D eigenvalue weighted by Gasteiger charge is -2.34. The van der Waals surface area contributed by atoms with E-state index < -0.39 is 17.9 Å². The molecule has 2 heterocycles. The second-order valence-corrected chi connectivity index (χ2v) is 4.54. The fourth-order valence-electron chi connectivity index (χ4n) is 2.11. The van der Waals surface area contributed by atoms with E-state index in [4.69, 9.17) is 20.9 Å². The summed E-state index contributed by atoms with van der Waals surface area (Å²) in [6, 6.07) is 0.888. The van der Waals surface area contributed by atoms with Gasteiger partial charge in [-0.05, 0) is 13.0 Å². The quantitative estimate of drug-likeness (QED) is 0.720. The zero-order valence-electron chi connectivity index (χ0n) is 11.7. The minimum absolute atomic E-state index is 0.191. The van der Waals surface area contributed by atoms with E-state index >= 15 is 0 Å². The lowest BCUT2D eigenvalue weighted by atomic mass is 10.1. The maximum atomic E-state index is 11.9. The van der Waals surface area contributed by atoms with Gasteiger partial charge in [-0.1, -0.05) is 0 Å². The summed E-state index contributed by atoms with van der Waals surface area (Å²) in [6.45, 7) is 3.05. The minimum atomic E-state index is -0.620. The molecular formula is C13H18N4O4. The molecule has 1 atom stereocenters. The van der Waals surface area contributed by atoms with E-state index in [0.717, 1.165) is 0 Å². The molecule has 114 valence electrons. The highest BCUT2D eigenvalue weighted by atomic mass is 16.5. The summed E-state index contributed by atoms with van der Waals surface area (Å²) < 4.78 is 10.2. The van der Waals surface area contributed by atoms with E-state index in [2.05, 4.69) is 4.98 Å². The lowest BCUT2D eigenvalue weighted by molar-refractivity contribution is -0.121. The van der Waals surface area contributed by atoms with Crippen molar-refractivity contribution in [2.75, 3.05) is 37.0 Å². The Morgan fingerprint density at radius 2 is 2.33 bits per heavy atom. The predicted molar refractivity (Wildman–Crippen MR) is 75.8 cm³/mol. The Kier molecular flexibility index (Phi) is 4.59. The number of primary amides is 1. The third kappa shape index (κ3) is 3.22. The van der Waals surface area contributed by atoms with Crippen LogP contribution in [0.3, 0.4) is 0 Å². The van der Waals surface area contributed by atoms with Gasteiger partial charge in [-0.3, -0.25) is 4.79 Å². The number of aromatic nitrogens is 1. The first kappa shape index (κ1) is 15.0. The van der Waals surface area contributed by atoms with Crippen LogP contribution in [0.4, 0.5) is 11.5 Å². The van der Waals surface area contributed by atoms with Crippen LogP contribution in [-0.2, 0) is 14.3 Å². The van der Waals surface area contributed by atoms with Crippen molar-refractivity contribution in [1.82, 2.24) is 4.98 Å². The molecule has 1 unspecified atom stereocenters. The maximum absolute atomic E-state index is 11.9. The number of carbonyl (C=O) groups excluding carboxylic acids is 2. The van der Waals surface area contributed by atoms with Crippen molar-refractivity contribution in [3.05, 3.63) is 17.8 Å². The number of rotatable bonds is 4. The second kappa shape index (κ2) is 6.40. The molecule has 8 nitrogen and oxygen atoms in total. The highest BCUT2D eigenvalue weighted by Crippen LogP contribution is 2.22. The van der Waals surface area contributed by atoms with Crippen molar-refractivity contribution in [3.63, 3.8) is 0 Å². The van der Waals surface area contributed by atoms with E-state index in [9.17, 15) is 9.59 Å². The van der Waals surface area contributed by atoms with E-state index in [1.165, 1.54) is 12.3 Å². The van der Waals surface area contributed by atoms with Gasteiger partial charge in [0.2, 0.25) is 5.91 Å². The van der Waals surface area contributed by atoms with Gasteiger partial charge in [0.05, 0.1) is 37.3 Å². The molecule has 1 saturated heterocycles. The second-order valence-electron chi connectivity index (χ2n) is 4.54. The Bertz CT molecular complexity index is 549. The van der Waals surface area contributed by atoms with Gasteiger partial charge < -0.3 is 25.8 Å². The number of nitrogen functional groups attached to an aromatic ring is 1. The molecule has 4 N–H and O–H groups in total. The average Bonchev–Trinajstić information content (AvgIpc) is 2.48. The van der Waals surface area contributed by atoms with Gasteiger partial charge in [-0.15, -0.1) is 0 Å². The zero-order chi connectivity index (χ0) is 15.4. The minimum Gasteiger partial charge on any atom is -0.462 e. The number of nitrogens with two attached hydrogens (primary N) is 2. The number of anilines is 2. The summed E-state index contributed by atoms with van der Waals surface area (Å²) in [5.74, 6) is -0.590. The van der Waals surface area contributed by atoms with E-state index in [-0.39, 0.29) is 24.5 Å². The molecule has 1 fully saturated rings. The standard InChI is InChI=1S/C13H18N4O4/c1-2-21-13(19)8-5-11(16-6-9(8)14)17-3-4-20-7-10(17)12(15)18/h5-6,10H,2-4,7,14H2,1H3,(H2,15,18). The smallest absolute Gasteiger partial charge is 0.340 e. The fraction of sp³-hybridized carbons (Fsp3) is 0.462. The Balaban J connectivity index is 2.32. The summed E-state index contributed by atoms with van der Waals surface area (Å²) in [5.41, 5.74) is 11.6. The van der Waals surface area contributed by atoms with Gasteiger partial charge in [-0.25, -0.2) is 9.78 Å². The highest BCUT2D eigenvalue weighted by Gasteiger charge is 2.29. The van der Waals surface area contributed by atoms with Crippen molar-refractivity contribution in [3.8, 4) is 0 Å². The highest BCUT2D eigenvalue weighted by molar-refractivity contribution is 5.96. The molecule has 1 aromatic rings. The summed E-state index contributed by atoms with van der Waals surface area (Å²) in [7, 11) is 0. The molecule has 1 aliphatic heterocycles. The summed E-state index contributed by atoms with van der Waals surface area (Å²) in [4.78, 5) is 29.2. The third-order valence-electron chi connectivity index (χ3n) is 3.17. The van der Waals surface area contributed by atoms with Gasteiger partial charge in [0.15, 0.2) is 0 Å². The molecule has 0 bridgehead atoms. The molecule has 0 aliphatic carbocycles. The molecule has 21 heavy (non-hydrogen) atoms. The van der Waals surface area contributed by atoms with Crippen molar-refractivity contribution in [2.45, 2.75) is 13.0 Å². The van der Waals surface area contributed by atoms with Crippen molar-refractivity contribution in [1.29, 1.82) is 0 Å². The van der Waals surface area contributed by atoms with Gasteiger partial charge in [0.1, 0.15) is 11.9 Å². The molecule has 0 saturated carbocycles. The third-order valence-corrected chi connectivity index (χ3v) is 3.17. The van der Waals surface area contributed by atoms with Crippen LogP contribution in [0.25, 0.3) is 0 Å². The summed E-state index contributed by atoms with van der Waals surface area (Å²) in [5, 5.41) is 0. The summed E-state index contributed by atoms with van der Waals surface area (Å²) in [6.07, 6.45) is 1.37. The first-order valence-corrected chi connectivity index (χ1v) is 6.61. The fourth-order valence-corrected chi connectivity index (χ4v) is 2.11. The van der Waals surface area contributed by atoms with Crippen LogP contribution >= 0.6 is 0 Å². The number of hydrogen-bond acceptors (Lipinski definition) is 7.